The van der Waals surface area contributed by atoms with Crippen molar-refractivity contribution in [2.45, 2.75) is 26.2 Å². The van der Waals surface area contributed by atoms with Crippen molar-refractivity contribution in [3.8, 4) is 0 Å². The molecule has 4 nitrogen and oxygen atoms in total. The fourth-order valence-electron chi connectivity index (χ4n) is 2.58. The molecule has 4 heteroatoms. The number of nitrogens with one attached hydrogen (secondary N) is 1. The van der Waals surface area contributed by atoms with Crippen LogP contribution >= 0.6 is 0 Å². The predicted octanol–water partition coefficient (Wildman–Crippen LogP) is 3.52. The Kier molecular flexibility index (Phi) is 3.81. The quantitative estimate of drug-likeness (QED) is 0.924. The number of nitrogens with zero attached hydrogens (tertiary/aromatic N) is 3. The molecule has 0 radical (unpaired) electrons. The molecule has 1 aliphatic rings. The molecule has 0 atom stereocenters. The number of benzene rings is 1. The third-order valence-corrected chi connectivity index (χ3v) is 3.62. The summed E-state index contributed by atoms with van der Waals surface area (Å²) in [6, 6.07) is 10.3. The van der Waals surface area contributed by atoms with Gasteiger partial charge in [0.25, 0.3) is 0 Å². The first-order valence-electron chi connectivity index (χ1n) is 7.22. The van der Waals surface area contributed by atoms with Crippen LogP contribution in [-0.2, 0) is 0 Å². The van der Waals surface area contributed by atoms with E-state index in [9.17, 15) is 0 Å². The number of piperidine rings is 1. The smallest absolute Gasteiger partial charge is 0.135 e. The molecule has 1 saturated heterocycles. The van der Waals surface area contributed by atoms with Crippen LogP contribution in [0.5, 0.6) is 0 Å². The van der Waals surface area contributed by atoms with Crippen molar-refractivity contribution in [2.75, 3.05) is 23.3 Å². The molecule has 0 aliphatic carbocycles. The van der Waals surface area contributed by atoms with E-state index in [1.807, 2.05) is 12.1 Å². The Morgan fingerprint density at radius 1 is 1.05 bits per heavy atom. The molecule has 0 unspecified atom stereocenters. The molecule has 20 heavy (non-hydrogen) atoms. The van der Waals surface area contributed by atoms with Crippen LogP contribution in [0.15, 0.2) is 36.7 Å². The van der Waals surface area contributed by atoms with E-state index in [-0.39, 0.29) is 0 Å². The molecule has 0 bridgehead atoms. The second-order valence-corrected chi connectivity index (χ2v) is 5.30. The summed E-state index contributed by atoms with van der Waals surface area (Å²) in [7, 11) is 0. The summed E-state index contributed by atoms with van der Waals surface area (Å²) < 4.78 is 0. The van der Waals surface area contributed by atoms with Crippen LogP contribution in [-0.4, -0.2) is 23.1 Å². The summed E-state index contributed by atoms with van der Waals surface area (Å²) in [5.41, 5.74) is 2.30. The van der Waals surface area contributed by atoms with Crippen molar-refractivity contribution in [2.24, 2.45) is 0 Å². The Hall–Kier alpha value is -2.10. The molecule has 0 amide bonds. The van der Waals surface area contributed by atoms with Gasteiger partial charge in [-0.15, -0.1) is 0 Å². The molecule has 1 aromatic heterocycles. The summed E-state index contributed by atoms with van der Waals surface area (Å²) in [6.07, 6.45) is 5.48. The highest BCUT2D eigenvalue weighted by atomic mass is 15.2. The monoisotopic (exact) mass is 268 g/mol. The minimum atomic E-state index is 0.853. The van der Waals surface area contributed by atoms with Crippen molar-refractivity contribution in [1.29, 1.82) is 0 Å². The van der Waals surface area contributed by atoms with E-state index < -0.39 is 0 Å². The van der Waals surface area contributed by atoms with E-state index in [0.717, 1.165) is 30.4 Å². The fraction of sp³-hybridized carbons (Fsp3) is 0.375. The van der Waals surface area contributed by atoms with Gasteiger partial charge in [-0.1, -0.05) is 12.1 Å². The lowest BCUT2D eigenvalue weighted by Crippen LogP contribution is -2.30. The van der Waals surface area contributed by atoms with Crippen LogP contribution in [0.2, 0.25) is 0 Å². The minimum absolute atomic E-state index is 0.853. The standard InChI is InChI=1S/C16H20N4/c1-13-6-5-7-14(10-13)19-15-11-16(18-12-17-15)20-8-3-2-4-9-20/h5-7,10-12H,2-4,8-9H2,1H3,(H,17,18,19). The van der Waals surface area contributed by atoms with Crippen LogP contribution in [0.4, 0.5) is 17.3 Å². The summed E-state index contributed by atoms with van der Waals surface area (Å²) in [4.78, 5) is 11.0. The highest BCUT2D eigenvalue weighted by Gasteiger charge is 2.12. The van der Waals surface area contributed by atoms with Crippen molar-refractivity contribution >= 4 is 17.3 Å². The summed E-state index contributed by atoms with van der Waals surface area (Å²) in [5.74, 6) is 1.88. The van der Waals surface area contributed by atoms with Gasteiger partial charge in [-0.05, 0) is 43.9 Å². The van der Waals surface area contributed by atoms with E-state index in [2.05, 4.69) is 45.3 Å². The second-order valence-electron chi connectivity index (χ2n) is 5.30. The zero-order chi connectivity index (χ0) is 13.8. The lowest BCUT2D eigenvalue weighted by molar-refractivity contribution is 0.573. The van der Waals surface area contributed by atoms with Gasteiger partial charge >= 0.3 is 0 Å². The Balaban J connectivity index is 1.77. The van der Waals surface area contributed by atoms with Crippen LogP contribution in [0, 0.1) is 6.92 Å². The number of rotatable bonds is 3. The third-order valence-electron chi connectivity index (χ3n) is 3.62. The fourth-order valence-corrected chi connectivity index (χ4v) is 2.58. The molecule has 104 valence electrons. The number of aromatic nitrogens is 2. The van der Waals surface area contributed by atoms with E-state index in [4.69, 9.17) is 0 Å². The number of hydrogen-bond donors (Lipinski definition) is 1. The van der Waals surface area contributed by atoms with Crippen LogP contribution in [0.1, 0.15) is 24.8 Å². The zero-order valence-corrected chi connectivity index (χ0v) is 11.8. The lowest BCUT2D eigenvalue weighted by atomic mass is 10.1. The van der Waals surface area contributed by atoms with Gasteiger partial charge in [0.15, 0.2) is 0 Å². The molecule has 2 aromatic rings. The maximum absolute atomic E-state index is 4.40. The number of anilines is 3. The van der Waals surface area contributed by atoms with Gasteiger partial charge in [0.1, 0.15) is 18.0 Å². The highest BCUT2D eigenvalue weighted by molar-refractivity contribution is 5.59. The molecule has 1 fully saturated rings. The molecular formula is C16H20N4. The molecule has 1 aromatic carbocycles. The second kappa shape index (κ2) is 5.90. The summed E-state index contributed by atoms with van der Waals surface area (Å²) in [6.45, 7) is 4.28. The van der Waals surface area contributed by atoms with Gasteiger partial charge in [-0.25, -0.2) is 9.97 Å². The topological polar surface area (TPSA) is 41.0 Å². The predicted molar refractivity (Wildman–Crippen MR) is 82.6 cm³/mol. The Bertz CT molecular complexity index is 576. The maximum atomic E-state index is 4.40. The molecule has 0 saturated carbocycles. The molecule has 3 rings (SSSR count). The molecule has 0 spiro atoms. The first-order valence-corrected chi connectivity index (χ1v) is 7.22. The lowest BCUT2D eigenvalue weighted by Gasteiger charge is -2.27. The molecule has 1 aliphatic heterocycles. The average molecular weight is 268 g/mol. The minimum Gasteiger partial charge on any atom is -0.356 e. The van der Waals surface area contributed by atoms with Gasteiger partial charge in [-0.3, -0.25) is 0 Å². The number of hydrogen-bond acceptors (Lipinski definition) is 4. The van der Waals surface area contributed by atoms with Gasteiger partial charge in [0.05, 0.1) is 0 Å². The Morgan fingerprint density at radius 2 is 1.90 bits per heavy atom. The highest BCUT2D eigenvalue weighted by Crippen LogP contribution is 2.21. The summed E-state index contributed by atoms with van der Waals surface area (Å²) in [5, 5.41) is 3.35. The largest absolute Gasteiger partial charge is 0.356 e. The van der Waals surface area contributed by atoms with Crippen LogP contribution < -0.4 is 10.2 Å². The van der Waals surface area contributed by atoms with Gasteiger partial charge in [-0.2, -0.15) is 0 Å². The Labute approximate surface area is 119 Å². The first kappa shape index (κ1) is 12.9. The molecule has 1 N–H and O–H groups in total. The van der Waals surface area contributed by atoms with Gasteiger partial charge in [0, 0.05) is 24.8 Å². The SMILES string of the molecule is Cc1cccc(Nc2cc(N3CCCCC3)ncn2)c1. The van der Waals surface area contributed by atoms with E-state index >= 15 is 0 Å². The van der Waals surface area contributed by atoms with Crippen LogP contribution in [0.3, 0.4) is 0 Å². The normalized spacial score (nSPS) is 15.2. The molecule has 2 heterocycles. The van der Waals surface area contributed by atoms with Crippen molar-refractivity contribution in [1.82, 2.24) is 9.97 Å². The molecular weight excluding hydrogens is 248 g/mol. The van der Waals surface area contributed by atoms with Crippen molar-refractivity contribution in [3.05, 3.63) is 42.2 Å². The Morgan fingerprint density at radius 3 is 2.70 bits per heavy atom. The average Bonchev–Trinajstić information content (AvgIpc) is 2.48. The van der Waals surface area contributed by atoms with Crippen molar-refractivity contribution < 1.29 is 0 Å². The van der Waals surface area contributed by atoms with Crippen LogP contribution in [0.25, 0.3) is 0 Å². The maximum Gasteiger partial charge on any atom is 0.135 e. The van der Waals surface area contributed by atoms with E-state index in [1.165, 1.54) is 24.8 Å². The van der Waals surface area contributed by atoms with Gasteiger partial charge < -0.3 is 10.2 Å². The zero-order valence-electron chi connectivity index (χ0n) is 11.8. The van der Waals surface area contributed by atoms with E-state index in [0.29, 0.717) is 0 Å². The van der Waals surface area contributed by atoms with Crippen molar-refractivity contribution in [3.63, 3.8) is 0 Å². The first-order chi connectivity index (χ1) is 9.81. The van der Waals surface area contributed by atoms with Gasteiger partial charge in [0.2, 0.25) is 0 Å². The summed E-state index contributed by atoms with van der Waals surface area (Å²) >= 11 is 0. The van der Waals surface area contributed by atoms with E-state index in [1.54, 1.807) is 6.33 Å². The third kappa shape index (κ3) is 3.07. The number of aryl methyl sites for hydroxylation is 1.